The van der Waals surface area contributed by atoms with E-state index in [1.54, 1.807) is 17.9 Å². The predicted molar refractivity (Wildman–Crippen MR) is 135 cm³/mol. The molecule has 4 fully saturated rings. The van der Waals surface area contributed by atoms with E-state index in [2.05, 4.69) is 24.8 Å². The van der Waals surface area contributed by atoms with Gasteiger partial charge in [-0.25, -0.2) is 4.79 Å². The largest absolute Gasteiger partial charge is 0.461 e. The standard InChI is InChI=1S/C30H41NO4/c1-29-13-11-22(35-28(33)18-31-15-3-4-16-31)17-21(29)6-7-23-25-9-8-24(20-5-10-27(32)34-19-20)30(25,2)14-12-26(23)29/h5,9-10,19,21-24,26H,3-4,6-8,11-18H2,1-2H3/t21-,22+,23+,24-,26+,29+,30-/m1/s1. The Morgan fingerprint density at radius 3 is 2.71 bits per heavy atom. The Labute approximate surface area is 209 Å². The quantitative estimate of drug-likeness (QED) is 0.410. The summed E-state index contributed by atoms with van der Waals surface area (Å²) in [5, 5.41) is 0. The molecular weight excluding hydrogens is 438 g/mol. The number of carbonyl (C=O) groups is 1. The third kappa shape index (κ3) is 4.02. The first kappa shape index (κ1) is 23.5. The van der Waals surface area contributed by atoms with Crippen LogP contribution in [0.15, 0.2) is 39.3 Å². The van der Waals surface area contributed by atoms with Gasteiger partial charge in [-0.15, -0.1) is 0 Å². The first-order valence-electron chi connectivity index (χ1n) is 14.1. The molecule has 4 aliphatic carbocycles. The minimum Gasteiger partial charge on any atom is -0.461 e. The molecule has 1 saturated heterocycles. The Balaban J connectivity index is 1.13. The summed E-state index contributed by atoms with van der Waals surface area (Å²) < 4.78 is 11.3. The number of ether oxygens (including phenoxy) is 1. The van der Waals surface area contributed by atoms with Crippen molar-refractivity contribution in [2.24, 2.45) is 28.6 Å². The smallest absolute Gasteiger partial charge is 0.335 e. The molecule has 0 radical (unpaired) electrons. The molecule has 0 aromatic carbocycles. The average Bonchev–Trinajstić information content (AvgIpc) is 3.47. The summed E-state index contributed by atoms with van der Waals surface area (Å²) in [6, 6.07) is 3.56. The van der Waals surface area contributed by atoms with Crippen molar-refractivity contribution < 1.29 is 13.9 Å². The van der Waals surface area contributed by atoms with E-state index in [0.29, 0.717) is 29.7 Å². The van der Waals surface area contributed by atoms with Gasteiger partial charge in [-0.3, -0.25) is 9.69 Å². The van der Waals surface area contributed by atoms with Gasteiger partial charge < -0.3 is 9.15 Å². The molecule has 2 heterocycles. The number of esters is 1. The summed E-state index contributed by atoms with van der Waals surface area (Å²) in [6.45, 7) is 7.57. The monoisotopic (exact) mass is 479 g/mol. The fourth-order valence-electron chi connectivity index (χ4n) is 9.07. The van der Waals surface area contributed by atoms with Crippen LogP contribution >= 0.6 is 0 Å². The lowest BCUT2D eigenvalue weighted by molar-refractivity contribution is -0.158. The maximum absolute atomic E-state index is 12.6. The van der Waals surface area contributed by atoms with Gasteiger partial charge >= 0.3 is 11.6 Å². The van der Waals surface area contributed by atoms with Gasteiger partial charge in [-0.1, -0.05) is 25.5 Å². The lowest BCUT2D eigenvalue weighted by Crippen LogP contribution is -2.52. The van der Waals surface area contributed by atoms with Crippen LogP contribution in [0.5, 0.6) is 0 Å². The predicted octanol–water partition coefficient (Wildman–Crippen LogP) is 5.69. The van der Waals surface area contributed by atoms with Gasteiger partial charge in [-0.2, -0.15) is 0 Å². The summed E-state index contributed by atoms with van der Waals surface area (Å²) in [7, 11) is 0. The zero-order chi connectivity index (χ0) is 24.2. The molecule has 35 heavy (non-hydrogen) atoms. The van der Waals surface area contributed by atoms with Crippen molar-refractivity contribution in [2.45, 2.75) is 90.1 Å². The van der Waals surface area contributed by atoms with Crippen molar-refractivity contribution in [3.05, 3.63) is 46.0 Å². The van der Waals surface area contributed by atoms with Gasteiger partial charge in [0.25, 0.3) is 0 Å². The number of hydrogen-bond donors (Lipinski definition) is 0. The van der Waals surface area contributed by atoms with Crippen LogP contribution in [0.25, 0.3) is 0 Å². The second-order valence-corrected chi connectivity index (χ2v) is 12.7. The number of likely N-dealkylation sites (tertiary alicyclic amines) is 1. The van der Waals surface area contributed by atoms with E-state index in [0.717, 1.165) is 38.3 Å². The van der Waals surface area contributed by atoms with Crippen LogP contribution in [0.2, 0.25) is 0 Å². The molecule has 6 rings (SSSR count). The Morgan fingerprint density at radius 1 is 1.11 bits per heavy atom. The molecule has 5 nitrogen and oxygen atoms in total. The Morgan fingerprint density at radius 2 is 1.94 bits per heavy atom. The zero-order valence-corrected chi connectivity index (χ0v) is 21.5. The molecule has 0 bridgehead atoms. The fraction of sp³-hybridized carbons (Fsp3) is 0.733. The Hall–Kier alpha value is -1.88. The lowest BCUT2D eigenvalue weighted by atomic mass is 9.46. The second-order valence-electron chi connectivity index (χ2n) is 12.7. The maximum Gasteiger partial charge on any atom is 0.335 e. The van der Waals surface area contributed by atoms with E-state index >= 15 is 0 Å². The van der Waals surface area contributed by atoms with Crippen molar-refractivity contribution in [2.75, 3.05) is 19.6 Å². The molecule has 0 unspecified atom stereocenters. The summed E-state index contributed by atoms with van der Waals surface area (Å²) >= 11 is 0. The molecule has 1 aromatic rings. The van der Waals surface area contributed by atoms with E-state index in [-0.39, 0.29) is 23.1 Å². The Kier molecular flexibility index (Phi) is 5.98. The molecule has 190 valence electrons. The molecule has 1 aliphatic heterocycles. The summed E-state index contributed by atoms with van der Waals surface area (Å²) in [4.78, 5) is 26.3. The van der Waals surface area contributed by atoms with Gasteiger partial charge in [0, 0.05) is 6.07 Å². The number of hydrogen-bond acceptors (Lipinski definition) is 5. The van der Waals surface area contributed by atoms with Crippen molar-refractivity contribution in [1.29, 1.82) is 0 Å². The highest BCUT2D eigenvalue weighted by Crippen LogP contribution is 2.67. The molecule has 5 aliphatic rings. The van der Waals surface area contributed by atoms with E-state index in [4.69, 9.17) is 9.15 Å². The van der Waals surface area contributed by atoms with Gasteiger partial charge in [-0.05, 0) is 123 Å². The molecule has 7 atom stereocenters. The normalized spacial score (nSPS) is 41.0. The molecular formula is C30H41NO4. The summed E-state index contributed by atoms with van der Waals surface area (Å²) in [5.74, 6) is 2.47. The highest BCUT2D eigenvalue weighted by molar-refractivity contribution is 5.71. The number of allylic oxidation sites excluding steroid dienone is 2. The molecule has 5 heteroatoms. The van der Waals surface area contributed by atoms with E-state index in [9.17, 15) is 9.59 Å². The lowest BCUT2D eigenvalue weighted by Gasteiger charge is -2.59. The topological polar surface area (TPSA) is 59.8 Å². The molecule has 1 aromatic heterocycles. The van der Waals surface area contributed by atoms with Crippen LogP contribution in [0, 0.1) is 28.6 Å². The zero-order valence-electron chi connectivity index (χ0n) is 21.5. The van der Waals surface area contributed by atoms with Crippen LogP contribution < -0.4 is 5.63 Å². The van der Waals surface area contributed by atoms with Gasteiger partial charge in [0.05, 0.1) is 12.8 Å². The van der Waals surface area contributed by atoms with E-state index in [1.807, 2.05) is 6.07 Å². The second kappa shape index (κ2) is 8.90. The summed E-state index contributed by atoms with van der Waals surface area (Å²) in [5.41, 5.74) is 3.11. The number of nitrogens with zero attached hydrogens (tertiary/aromatic N) is 1. The highest BCUT2D eigenvalue weighted by atomic mass is 16.5. The van der Waals surface area contributed by atoms with Crippen LogP contribution in [-0.2, 0) is 9.53 Å². The number of rotatable bonds is 4. The van der Waals surface area contributed by atoms with E-state index < -0.39 is 0 Å². The van der Waals surface area contributed by atoms with E-state index in [1.165, 1.54) is 50.5 Å². The van der Waals surface area contributed by atoms with Gasteiger partial charge in [0.1, 0.15) is 6.10 Å². The third-order valence-electron chi connectivity index (χ3n) is 11.0. The van der Waals surface area contributed by atoms with Crippen LogP contribution in [0.4, 0.5) is 0 Å². The first-order chi connectivity index (χ1) is 16.9. The van der Waals surface area contributed by atoms with Crippen LogP contribution in [0.1, 0.15) is 89.5 Å². The first-order valence-corrected chi connectivity index (χ1v) is 14.1. The minimum atomic E-state index is -0.266. The number of carbonyl (C=O) groups excluding carboxylic acids is 1. The molecule has 0 amide bonds. The van der Waals surface area contributed by atoms with Crippen molar-refractivity contribution in [1.82, 2.24) is 4.90 Å². The molecule has 0 N–H and O–H groups in total. The molecule has 3 saturated carbocycles. The van der Waals surface area contributed by atoms with Gasteiger partial charge in [0.2, 0.25) is 0 Å². The SMILES string of the molecule is C[C@]12CC[C@H](OC(=O)CN3CCCC3)C[C@H]1CC[C@H]1C3=CC[C@H](c4ccc(=O)oc4)[C@@]3(C)CC[C@@H]12. The number of fused-ring (bicyclic) bond motifs is 5. The minimum absolute atomic E-state index is 0.0125. The third-order valence-corrected chi connectivity index (χ3v) is 11.0. The van der Waals surface area contributed by atoms with Crippen LogP contribution in [-0.4, -0.2) is 36.6 Å². The van der Waals surface area contributed by atoms with Crippen molar-refractivity contribution in [3.63, 3.8) is 0 Å². The van der Waals surface area contributed by atoms with Crippen LogP contribution in [0.3, 0.4) is 0 Å². The van der Waals surface area contributed by atoms with Crippen molar-refractivity contribution in [3.8, 4) is 0 Å². The Bertz CT molecular complexity index is 1030. The average molecular weight is 480 g/mol. The summed E-state index contributed by atoms with van der Waals surface area (Å²) in [6.07, 6.45) is 16.1. The maximum atomic E-state index is 12.6. The highest BCUT2D eigenvalue weighted by Gasteiger charge is 2.58. The van der Waals surface area contributed by atoms with Crippen molar-refractivity contribution >= 4 is 5.97 Å². The molecule has 0 spiro atoms. The van der Waals surface area contributed by atoms with Gasteiger partial charge in [0.15, 0.2) is 0 Å². The fourth-order valence-corrected chi connectivity index (χ4v) is 9.07.